The van der Waals surface area contributed by atoms with Crippen molar-refractivity contribution in [2.24, 2.45) is 0 Å². The first-order valence-electron chi connectivity index (χ1n) is 7.79. The molecule has 0 saturated carbocycles. The fraction of sp³-hybridized carbons (Fsp3) is 0.500. The van der Waals surface area contributed by atoms with E-state index < -0.39 is 0 Å². The molecule has 1 aliphatic rings. The third-order valence-electron chi connectivity index (χ3n) is 3.95. The number of aromatic nitrogens is 2. The number of hydrogen-bond acceptors (Lipinski definition) is 5. The van der Waals surface area contributed by atoms with Gasteiger partial charge in [-0.25, -0.2) is 4.39 Å². The molecule has 0 N–H and O–H groups in total. The zero-order valence-electron chi connectivity index (χ0n) is 12.8. The summed E-state index contributed by atoms with van der Waals surface area (Å²) in [6.07, 6.45) is 1.81. The summed E-state index contributed by atoms with van der Waals surface area (Å²) in [4.78, 5) is 8.96. The number of halogens is 1. The van der Waals surface area contributed by atoms with Crippen LogP contribution in [0.3, 0.4) is 0 Å². The van der Waals surface area contributed by atoms with Crippen LogP contribution in [-0.2, 0) is 13.0 Å². The van der Waals surface area contributed by atoms with Gasteiger partial charge in [0.1, 0.15) is 5.82 Å². The number of nitrogens with zero attached hydrogens (tertiary/aromatic N) is 4. The van der Waals surface area contributed by atoms with Gasteiger partial charge in [0.05, 0.1) is 0 Å². The van der Waals surface area contributed by atoms with Gasteiger partial charge in [0.2, 0.25) is 5.89 Å². The van der Waals surface area contributed by atoms with Crippen molar-refractivity contribution < 1.29 is 8.91 Å². The smallest absolute Gasteiger partial charge is 0.266 e. The van der Waals surface area contributed by atoms with E-state index in [0.29, 0.717) is 11.8 Å². The molecule has 1 aromatic carbocycles. The molecule has 2 aromatic rings. The van der Waals surface area contributed by atoms with Crippen LogP contribution in [0, 0.1) is 5.82 Å². The second kappa shape index (κ2) is 6.87. The second-order valence-electron chi connectivity index (χ2n) is 5.58. The monoisotopic (exact) mass is 304 g/mol. The van der Waals surface area contributed by atoms with E-state index in [2.05, 4.69) is 19.9 Å². The minimum Gasteiger partial charge on any atom is -0.337 e. The quantitative estimate of drug-likeness (QED) is 0.868. The Morgan fingerprint density at radius 2 is 1.95 bits per heavy atom. The van der Waals surface area contributed by atoms with Gasteiger partial charge in [0, 0.05) is 39.1 Å². The predicted molar refractivity (Wildman–Crippen MR) is 82.2 cm³/mol. The summed E-state index contributed by atoms with van der Waals surface area (Å²) in [6, 6.07) is 6.74. The average Bonchev–Trinajstić information content (AvgIpc) is 2.90. The molecule has 118 valence electrons. The zero-order chi connectivity index (χ0) is 15.4. The molecule has 1 aromatic heterocycles. The van der Waals surface area contributed by atoms with Crippen LogP contribution in [0.4, 0.5) is 10.3 Å². The van der Waals surface area contributed by atoms with Gasteiger partial charge in [-0.2, -0.15) is 4.98 Å². The van der Waals surface area contributed by atoms with Gasteiger partial charge in [0.25, 0.3) is 5.95 Å². The summed E-state index contributed by atoms with van der Waals surface area (Å²) < 4.78 is 18.1. The molecule has 0 unspecified atom stereocenters. The van der Waals surface area contributed by atoms with Crippen molar-refractivity contribution in [3.63, 3.8) is 0 Å². The summed E-state index contributed by atoms with van der Waals surface area (Å²) in [5.74, 6) is 1.19. The molecular formula is C16H21FN4O. The molecule has 1 fully saturated rings. The summed E-state index contributed by atoms with van der Waals surface area (Å²) in [5.41, 5.74) is 1.14. The predicted octanol–water partition coefficient (Wildman–Crippen LogP) is 2.48. The maximum atomic E-state index is 13.0. The topological polar surface area (TPSA) is 45.4 Å². The van der Waals surface area contributed by atoms with Gasteiger partial charge < -0.3 is 9.42 Å². The van der Waals surface area contributed by atoms with Crippen LogP contribution >= 0.6 is 0 Å². The number of aryl methyl sites for hydroxylation is 1. The lowest BCUT2D eigenvalue weighted by Crippen LogP contribution is -2.31. The Morgan fingerprint density at radius 1 is 1.14 bits per heavy atom. The van der Waals surface area contributed by atoms with Gasteiger partial charge in [-0.3, -0.25) is 4.90 Å². The van der Waals surface area contributed by atoms with E-state index in [9.17, 15) is 4.39 Å². The molecule has 6 heteroatoms. The van der Waals surface area contributed by atoms with Crippen LogP contribution in [-0.4, -0.2) is 41.2 Å². The molecule has 3 rings (SSSR count). The molecule has 1 saturated heterocycles. The van der Waals surface area contributed by atoms with Crippen molar-refractivity contribution in [2.75, 3.05) is 31.1 Å². The summed E-state index contributed by atoms with van der Waals surface area (Å²) in [5, 5.41) is 4.05. The number of hydrogen-bond donors (Lipinski definition) is 0. The van der Waals surface area contributed by atoms with Gasteiger partial charge in [-0.05, 0) is 29.3 Å². The minimum absolute atomic E-state index is 0.186. The minimum atomic E-state index is -0.186. The lowest BCUT2D eigenvalue weighted by atomic mass is 10.2. The van der Waals surface area contributed by atoms with Crippen molar-refractivity contribution in [3.05, 3.63) is 41.5 Å². The van der Waals surface area contributed by atoms with E-state index in [4.69, 9.17) is 4.52 Å². The first kappa shape index (κ1) is 15.0. The molecule has 0 amide bonds. The standard InChI is InChI=1S/C16H21FN4O/c1-2-15-18-16(19-22-15)21-9-3-8-20(10-11-21)12-13-4-6-14(17)7-5-13/h4-7H,2-3,8-12H2,1H3. The van der Waals surface area contributed by atoms with Crippen LogP contribution in [0.1, 0.15) is 24.8 Å². The molecule has 2 heterocycles. The highest BCUT2D eigenvalue weighted by atomic mass is 19.1. The van der Waals surface area contributed by atoms with Crippen LogP contribution in [0.15, 0.2) is 28.8 Å². The molecule has 0 bridgehead atoms. The summed E-state index contributed by atoms with van der Waals surface area (Å²) >= 11 is 0. The van der Waals surface area contributed by atoms with E-state index in [1.807, 2.05) is 19.1 Å². The summed E-state index contributed by atoms with van der Waals surface area (Å²) in [6.45, 7) is 6.62. The SMILES string of the molecule is CCc1nc(N2CCCN(Cc3ccc(F)cc3)CC2)no1. The fourth-order valence-electron chi connectivity index (χ4n) is 2.69. The third kappa shape index (κ3) is 3.62. The van der Waals surface area contributed by atoms with E-state index in [-0.39, 0.29) is 5.82 Å². The lowest BCUT2D eigenvalue weighted by Gasteiger charge is -2.20. The van der Waals surface area contributed by atoms with Crippen molar-refractivity contribution in [1.82, 2.24) is 15.0 Å². The molecular weight excluding hydrogens is 283 g/mol. The second-order valence-corrected chi connectivity index (χ2v) is 5.58. The highest BCUT2D eigenvalue weighted by Gasteiger charge is 2.19. The normalized spacial score (nSPS) is 16.7. The van der Waals surface area contributed by atoms with Gasteiger partial charge in [-0.15, -0.1) is 0 Å². The molecule has 1 aliphatic heterocycles. The highest BCUT2D eigenvalue weighted by Crippen LogP contribution is 2.15. The van der Waals surface area contributed by atoms with Gasteiger partial charge >= 0.3 is 0 Å². The number of rotatable bonds is 4. The molecule has 0 aliphatic carbocycles. The van der Waals surface area contributed by atoms with Gasteiger partial charge in [0.15, 0.2) is 0 Å². The maximum Gasteiger partial charge on any atom is 0.266 e. The summed E-state index contributed by atoms with van der Waals surface area (Å²) in [7, 11) is 0. The number of benzene rings is 1. The first-order valence-corrected chi connectivity index (χ1v) is 7.79. The molecule has 0 spiro atoms. The van der Waals surface area contributed by atoms with Crippen LogP contribution in [0.5, 0.6) is 0 Å². The first-order chi connectivity index (χ1) is 10.7. The zero-order valence-corrected chi connectivity index (χ0v) is 12.8. The van der Waals surface area contributed by atoms with Crippen molar-refractivity contribution in [2.45, 2.75) is 26.3 Å². The average molecular weight is 304 g/mol. The van der Waals surface area contributed by atoms with Crippen molar-refractivity contribution in [1.29, 1.82) is 0 Å². The Labute approximate surface area is 129 Å². The van der Waals surface area contributed by atoms with E-state index in [1.54, 1.807) is 0 Å². The Kier molecular flexibility index (Phi) is 4.68. The lowest BCUT2D eigenvalue weighted by molar-refractivity contribution is 0.285. The highest BCUT2D eigenvalue weighted by molar-refractivity contribution is 5.28. The van der Waals surface area contributed by atoms with E-state index in [0.717, 1.165) is 51.1 Å². The van der Waals surface area contributed by atoms with E-state index in [1.165, 1.54) is 12.1 Å². The van der Waals surface area contributed by atoms with Crippen LogP contribution in [0.25, 0.3) is 0 Å². The Balaban J connectivity index is 1.58. The Hall–Kier alpha value is -1.95. The van der Waals surface area contributed by atoms with Crippen molar-refractivity contribution in [3.8, 4) is 0 Å². The number of anilines is 1. The largest absolute Gasteiger partial charge is 0.337 e. The van der Waals surface area contributed by atoms with E-state index >= 15 is 0 Å². The van der Waals surface area contributed by atoms with Crippen LogP contribution < -0.4 is 4.90 Å². The molecule has 0 radical (unpaired) electrons. The molecule has 0 atom stereocenters. The fourth-order valence-corrected chi connectivity index (χ4v) is 2.69. The Bertz CT molecular complexity index is 598. The maximum absolute atomic E-state index is 13.0. The van der Waals surface area contributed by atoms with Crippen molar-refractivity contribution >= 4 is 5.95 Å². The van der Waals surface area contributed by atoms with Crippen LogP contribution in [0.2, 0.25) is 0 Å². The third-order valence-corrected chi connectivity index (χ3v) is 3.95. The molecule has 22 heavy (non-hydrogen) atoms. The van der Waals surface area contributed by atoms with Gasteiger partial charge in [-0.1, -0.05) is 19.1 Å². The Morgan fingerprint density at radius 3 is 2.68 bits per heavy atom. The molecule has 5 nitrogen and oxygen atoms in total.